The summed E-state index contributed by atoms with van der Waals surface area (Å²) in [5.41, 5.74) is 9.62. The zero-order valence-corrected chi connectivity index (χ0v) is 28.3. The average Bonchev–Trinajstić information content (AvgIpc) is 3.95. The number of amides is 3. The lowest BCUT2D eigenvalue weighted by Gasteiger charge is -2.45. The van der Waals surface area contributed by atoms with Gasteiger partial charge in [-0.2, -0.15) is 4.39 Å². The molecule has 1 saturated heterocycles. The van der Waals surface area contributed by atoms with Crippen molar-refractivity contribution in [2.24, 2.45) is 5.73 Å². The predicted molar refractivity (Wildman–Crippen MR) is 183 cm³/mol. The first-order valence-electron chi connectivity index (χ1n) is 17.5. The lowest BCUT2D eigenvalue weighted by Crippen LogP contribution is -2.62. The van der Waals surface area contributed by atoms with Crippen molar-refractivity contribution in [1.82, 2.24) is 15.1 Å². The summed E-state index contributed by atoms with van der Waals surface area (Å²) >= 11 is 0. The third-order valence-corrected chi connectivity index (χ3v) is 9.77. The van der Waals surface area contributed by atoms with Gasteiger partial charge >= 0.3 is 0 Å². The third-order valence-electron chi connectivity index (χ3n) is 9.77. The molecule has 8 nitrogen and oxygen atoms in total. The summed E-state index contributed by atoms with van der Waals surface area (Å²) in [7, 11) is 0. The maximum atomic E-state index is 14.6. The fourth-order valence-electron chi connectivity index (χ4n) is 7.00. The number of hydrogen-bond acceptors (Lipinski definition) is 5. The van der Waals surface area contributed by atoms with E-state index in [9.17, 15) is 31.9 Å². The number of nitrogens with zero attached hydrogens (tertiary/aromatic N) is 2. The number of benzene rings is 3. The number of fused-ring (bicyclic) bond motifs is 2. The van der Waals surface area contributed by atoms with E-state index in [1.165, 1.54) is 12.1 Å². The van der Waals surface area contributed by atoms with Gasteiger partial charge in [-0.15, -0.1) is 0 Å². The highest BCUT2D eigenvalue weighted by Gasteiger charge is 2.43. The first-order valence-corrected chi connectivity index (χ1v) is 17.5. The van der Waals surface area contributed by atoms with E-state index >= 15 is 0 Å². The summed E-state index contributed by atoms with van der Waals surface area (Å²) in [5, 5.41) is 3.60. The summed E-state index contributed by atoms with van der Waals surface area (Å²) in [6.45, 7) is 1.25. The van der Waals surface area contributed by atoms with Crippen molar-refractivity contribution in [3.63, 3.8) is 0 Å². The molecule has 3 N–H and O–H groups in total. The van der Waals surface area contributed by atoms with Crippen LogP contribution in [-0.4, -0.2) is 71.9 Å². The van der Waals surface area contributed by atoms with Crippen LogP contribution in [0.15, 0.2) is 66.2 Å². The van der Waals surface area contributed by atoms with E-state index in [2.05, 4.69) is 5.32 Å². The number of nitrogens with one attached hydrogen (secondary N) is 1. The topological polar surface area (TPSA) is 105 Å². The minimum Gasteiger partial charge on any atom is -0.488 e. The summed E-state index contributed by atoms with van der Waals surface area (Å²) in [5.74, 6) is -5.13. The van der Waals surface area contributed by atoms with E-state index < -0.39 is 35.2 Å². The molecule has 2 heterocycles. The molecule has 6 rings (SSSR count). The Bertz CT molecular complexity index is 1780. The zero-order valence-electron chi connectivity index (χ0n) is 28.3. The van der Waals surface area contributed by atoms with Crippen LogP contribution in [0.5, 0.6) is 5.75 Å². The van der Waals surface area contributed by atoms with E-state index in [1.807, 2.05) is 29.2 Å². The second-order valence-electron chi connectivity index (χ2n) is 13.6. The number of ether oxygens (including phenoxy) is 1. The van der Waals surface area contributed by atoms with Crippen molar-refractivity contribution in [2.45, 2.75) is 75.9 Å². The van der Waals surface area contributed by atoms with E-state index in [0.717, 1.165) is 41.2 Å². The van der Waals surface area contributed by atoms with Gasteiger partial charge in [-0.3, -0.25) is 14.4 Å². The van der Waals surface area contributed by atoms with Crippen molar-refractivity contribution in [3.05, 3.63) is 106 Å². The van der Waals surface area contributed by atoms with Gasteiger partial charge in [0.25, 0.3) is 5.91 Å². The molecule has 3 amide bonds. The van der Waals surface area contributed by atoms with E-state index in [0.29, 0.717) is 63.4 Å². The molecule has 0 aromatic heterocycles. The first-order chi connectivity index (χ1) is 24.6. The third kappa shape index (κ3) is 8.97. The SMILES string of the molecule is NC(=O)CCCC(=O)N1C[C@H]2CC(c3ccc(CCCOc4c(F)ccc(F)c4F)cc3)=C(C(=O)N(CCc3ccc(F)cc3)C3CC3)[C@@H](C1)N2. The molecule has 2 aliphatic heterocycles. The van der Waals surface area contributed by atoms with Crippen LogP contribution in [-0.2, 0) is 27.2 Å². The van der Waals surface area contributed by atoms with Crippen LogP contribution in [0.3, 0.4) is 0 Å². The van der Waals surface area contributed by atoms with Crippen molar-refractivity contribution in [2.75, 3.05) is 26.2 Å². The average molecular weight is 707 g/mol. The van der Waals surface area contributed by atoms with Crippen LogP contribution < -0.4 is 15.8 Å². The van der Waals surface area contributed by atoms with Gasteiger partial charge in [-0.05, 0) is 91.5 Å². The number of primary amides is 1. The Morgan fingerprint density at radius 2 is 1.53 bits per heavy atom. The molecule has 0 radical (unpaired) electrons. The fourth-order valence-corrected chi connectivity index (χ4v) is 7.00. The maximum Gasteiger partial charge on any atom is 0.252 e. The lowest BCUT2D eigenvalue weighted by molar-refractivity contribution is -0.134. The number of piperazine rings is 1. The zero-order chi connectivity index (χ0) is 36.1. The number of hydrogen-bond donors (Lipinski definition) is 2. The molecule has 1 aliphatic carbocycles. The van der Waals surface area contributed by atoms with Gasteiger partial charge in [0.15, 0.2) is 17.4 Å². The van der Waals surface area contributed by atoms with Crippen LogP contribution in [0, 0.1) is 23.3 Å². The van der Waals surface area contributed by atoms with Gasteiger partial charge in [0.05, 0.1) is 12.6 Å². The molecule has 3 aromatic carbocycles. The molecule has 3 aromatic rings. The van der Waals surface area contributed by atoms with Crippen LogP contribution >= 0.6 is 0 Å². The number of carbonyl (C=O) groups excluding carboxylic acids is 3. The number of halogens is 4. The number of nitrogens with two attached hydrogens (primary N) is 1. The van der Waals surface area contributed by atoms with Gasteiger partial charge in [0, 0.05) is 50.1 Å². The van der Waals surface area contributed by atoms with E-state index in [4.69, 9.17) is 10.5 Å². The highest BCUT2D eigenvalue weighted by Crippen LogP contribution is 2.37. The molecule has 1 saturated carbocycles. The van der Waals surface area contributed by atoms with Crippen molar-refractivity contribution in [1.29, 1.82) is 0 Å². The number of rotatable bonds is 15. The highest BCUT2D eigenvalue weighted by atomic mass is 19.2. The molecule has 0 unspecified atom stereocenters. The minimum atomic E-state index is -1.35. The van der Waals surface area contributed by atoms with Gasteiger partial charge < -0.3 is 25.6 Å². The Morgan fingerprint density at radius 1 is 0.843 bits per heavy atom. The molecule has 2 bridgehead atoms. The predicted octanol–water partition coefficient (Wildman–Crippen LogP) is 5.47. The second kappa shape index (κ2) is 16.1. The number of aryl methyl sites for hydroxylation is 1. The maximum absolute atomic E-state index is 14.6. The Kier molecular flexibility index (Phi) is 11.4. The van der Waals surface area contributed by atoms with E-state index in [-0.39, 0.29) is 49.2 Å². The van der Waals surface area contributed by atoms with Gasteiger partial charge in [-0.25, -0.2) is 13.2 Å². The molecular formula is C39H42F4N4O4. The molecule has 51 heavy (non-hydrogen) atoms. The monoisotopic (exact) mass is 706 g/mol. The molecule has 0 spiro atoms. The van der Waals surface area contributed by atoms with Gasteiger partial charge in [-0.1, -0.05) is 36.4 Å². The van der Waals surface area contributed by atoms with E-state index in [1.54, 1.807) is 17.0 Å². The minimum absolute atomic E-state index is 0.00937. The molecule has 270 valence electrons. The summed E-state index contributed by atoms with van der Waals surface area (Å²) < 4.78 is 60.2. The van der Waals surface area contributed by atoms with Crippen LogP contribution in [0.1, 0.15) is 61.6 Å². The molecule has 2 fully saturated rings. The highest BCUT2D eigenvalue weighted by molar-refractivity contribution is 6.03. The first kappa shape index (κ1) is 36.1. The molecular weight excluding hydrogens is 664 g/mol. The fraction of sp³-hybridized carbons (Fsp3) is 0.410. The quantitative estimate of drug-likeness (QED) is 0.124. The van der Waals surface area contributed by atoms with Crippen molar-refractivity contribution in [3.8, 4) is 5.75 Å². The van der Waals surface area contributed by atoms with Crippen molar-refractivity contribution < 1.29 is 36.7 Å². The molecule has 12 heteroatoms. The summed E-state index contributed by atoms with van der Waals surface area (Å²) in [6.07, 6.45) is 4.59. The van der Waals surface area contributed by atoms with Crippen LogP contribution in [0.4, 0.5) is 17.6 Å². The molecule has 3 aliphatic rings. The largest absolute Gasteiger partial charge is 0.488 e. The Balaban J connectivity index is 1.20. The van der Waals surface area contributed by atoms with Gasteiger partial charge in [0.2, 0.25) is 17.6 Å². The second-order valence-corrected chi connectivity index (χ2v) is 13.6. The Hall–Kier alpha value is -4.71. The lowest BCUT2D eigenvalue weighted by atomic mass is 9.82. The summed E-state index contributed by atoms with van der Waals surface area (Å²) in [6, 6.07) is 15.3. The van der Waals surface area contributed by atoms with Crippen molar-refractivity contribution >= 4 is 23.3 Å². The molecule has 2 atom stereocenters. The summed E-state index contributed by atoms with van der Waals surface area (Å²) in [4.78, 5) is 42.8. The smallest absolute Gasteiger partial charge is 0.252 e. The Labute approximate surface area is 294 Å². The Morgan fingerprint density at radius 3 is 2.24 bits per heavy atom. The van der Waals surface area contributed by atoms with Crippen LogP contribution in [0.2, 0.25) is 0 Å². The van der Waals surface area contributed by atoms with Gasteiger partial charge in [0.1, 0.15) is 5.82 Å². The number of carbonyl (C=O) groups is 3. The van der Waals surface area contributed by atoms with Crippen LogP contribution in [0.25, 0.3) is 5.57 Å². The standard InChI is InChI=1S/C39H42F4N4O4/c40-27-12-8-25(9-13-27)18-19-47(29-14-15-29)39(50)36-30(21-28-22-46(23-33(36)45-28)35(49)5-1-4-34(44)48)26-10-6-24(7-11-26)3-2-20-51-38-32(42)17-16-31(41)37(38)43/h6-13,16-17,28-29,33,45H,1-5,14-15,18-23H2,(H2,44,48)/t28-,33-/m1/s1. The normalized spacial score (nSPS) is 18.5.